The van der Waals surface area contributed by atoms with E-state index in [1.54, 1.807) is 6.07 Å². The van der Waals surface area contributed by atoms with Gasteiger partial charge in [-0.2, -0.15) is 0 Å². The summed E-state index contributed by atoms with van der Waals surface area (Å²) in [5.41, 5.74) is 6.79. The molecule has 0 bridgehead atoms. The topological polar surface area (TPSA) is 107 Å². The second-order valence-corrected chi connectivity index (χ2v) is 4.60. The van der Waals surface area contributed by atoms with Gasteiger partial charge in [-0.15, -0.1) is 0 Å². The van der Waals surface area contributed by atoms with Crippen molar-refractivity contribution in [3.63, 3.8) is 0 Å². The van der Waals surface area contributed by atoms with E-state index in [-0.39, 0.29) is 17.3 Å². The smallest absolute Gasteiger partial charge is 0.353 e. The van der Waals surface area contributed by atoms with Crippen molar-refractivity contribution in [1.29, 1.82) is 0 Å². The van der Waals surface area contributed by atoms with Crippen LogP contribution in [0.25, 0.3) is 0 Å². The number of nitrogens with one attached hydrogen (secondary N) is 1. The Hall–Kier alpha value is -2.22. The molecule has 7 nitrogen and oxygen atoms in total. The highest BCUT2D eigenvalue weighted by Crippen LogP contribution is 2.31. The number of aromatic nitrogens is 2. The molecule has 0 radical (unpaired) electrons. The normalized spacial score (nSPS) is 10.2. The third-order valence-electron chi connectivity index (χ3n) is 2.55. The maximum Gasteiger partial charge on any atom is 0.353 e. The van der Waals surface area contributed by atoms with Crippen LogP contribution in [0.2, 0.25) is 0 Å². The van der Waals surface area contributed by atoms with Crippen molar-refractivity contribution < 1.29 is 4.92 Å². The van der Waals surface area contributed by atoms with Crippen LogP contribution < -0.4 is 11.1 Å². The van der Waals surface area contributed by atoms with E-state index in [1.165, 1.54) is 6.33 Å². The van der Waals surface area contributed by atoms with Crippen LogP contribution in [-0.4, -0.2) is 14.9 Å². The molecule has 0 fully saturated rings. The Kier molecular flexibility index (Phi) is 3.61. The van der Waals surface area contributed by atoms with Gasteiger partial charge >= 0.3 is 5.69 Å². The number of benzene rings is 1. The van der Waals surface area contributed by atoms with E-state index in [0.29, 0.717) is 5.69 Å². The van der Waals surface area contributed by atoms with Crippen molar-refractivity contribution in [2.45, 2.75) is 6.92 Å². The third-order valence-corrected chi connectivity index (χ3v) is 3.41. The largest absolute Gasteiger partial charge is 0.378 e. The van der Waals surface area contributed by atoms with E-state index < -0.39 is 4.92 Å². The Balaban J connectivity index is 2.47. The molecule has 0 unspecified atom stereocenters. The van der Waals surface area contributed by atoms with Crippen molar-refractivity contribution in [2.24, 2.45) is 0 Å². The lowest BCUT2D eigenvalue weighted by molar-refractivity contribution is -0.383. The summed E-state index contributed by atoms with van der Waals surface area (Å²) in [6.45, 7) is 1.88. The van der Waals surface area contributed by atoms with Gasteiger partial charge in [0, 0.05) is 10.2 Å². The molecule has 98 valence electrons. The molecule has 19 heavy (non-hydrogen) atoms. The molecule has 2 aromatic rings. The Morgan fingerprint density at radius 3 is 2.84 bits per heavy atom. The third kappa shape index (κ3) is 2.63. The molecule has 0 saturated heterocycles. The molecule has 0 amide bonds. The fourth-order valence-corrected chi connectivity index (χ4v) is 1.90. The highest BCUT2D eigenvalue weighted by molar-refractivity contribution is 9.10. The number of halogens is 1. The number of anilines is 3. The zero-order valence-corrected chi connectivity index (χ0v) is 11.5. The summed E-state index contributed by atoms with van der Waals surface area (Å²) >= 11 is 3.39. The van der Waals surface area contributed by atoms with Gasteiger partial charge < -0.3 is 11.1 Å². The van der Waals surface area contributed by atoms with Crippen molar-refractivity contribution in [2.75, 3.05) is 11.1 Å². The van der Waals surface area contributed by atoms with E-state index in [2.05, 4.69) is 31.2 Å². The van der Waals surface area contributed by atoms with Gasteiger partial charge in [0.15, 0.2) is 0 Å². The summed E-state index contributed by atoms with van der Waals surface area (Å²) in [4.78, 5) is 17.9. The molecule has 0 atom stereocenters. The number of nitrogens with two attached hydrogens (primary N) is 1. The summed E-state index contributed by atoms with van der Waals surface area (Å²) in [5, 5.41) is 13.9. The molecule has 2 rings (SSSR count). The maximum atomic E-state index is 11.0. The van der Waals surface area contributed by atoms with Gasteiger partial charge in [-0.05, 0) is 24.6 Å². The van der Waals surface area contributed by atoms with Crippen LogP contribution in [0.1, 0.15) is 5.56 Å². The van der Waals surface area contributed by atoms with Gasteiger partial charge in [0.25, 0.3) is 0 Å². The van der Waals surface area contributed by atoms with Gasteiger partial charge in [-0.25, -0.2) is 9.97 Å². The van der Waals surface area contributed by atoms with Crippen LogP contribution in [0.15, 0.2) is 29.0 Å². The molecule has 3 N–H and O–H groups in total. The minimum atomic E-state index is -0.606. The van der Waals surface area contributed by atoms with Crippen LogP contribution in [0.4, 0.5) is 23.0 Å². The van der Waals surface area contributed by atoms with Crippen molar-refractivity contribution in [3.05, 3.63) is 44.7 Å². The molecule has 1 aromatic carbocycles. The number of nitro groups is 1. The second kappa shape index (κ2) is 5.19. The predicted molar refractivity (Wildman–Crippen MR) is 75.3 cm³/mol. The van der Waals surface area contributed by atoms with Gasteiger partial charge in [0.1, 0.15) is 6.33 Å². The van der Waals surface area contributed by atoms with Crippen molar-refractivity contribution in [3.8, 4) is 0 Å². The fourth-order valence-electron chi connectivity index (χ4n) is 1.53. The molecule has 0 aliphatic rings. The number of nitrogen functional groups attached to an aromatic ring is 1. The molecule has 0 aliphatic heterocycles. The van der Waals surface area contributed by atoms with Crippen molar-refractivity contribution >= 4 is 38.9 Å². The molecule has 1 aromatic heterocycles. The zero-order chi connectivity index (χ0) is 14.0. The predicted octanol–water partition coefficient (Wildman–Crippen LogP) is 2.78. The molecule has 1 heterocycles. The van der Waals surface area contributed by atoms with E-state index in [1.807, 2.05) is 19.1 Å². The first-order valence-corrected chi connectivity index (χ1v) is 6.07. The molecule has 8 heteroatoms. The van der Waals surface area contributed by atoms with Gasteiger partial charge in [0.05, 0.1) is 4.92 Å². The van der Waals surface area contributed by atoms with Gasteiger partial charge in [-0.1, -0.05) is 22.0 Å². The van der Waals surface area contributed by atoms with Gasteiger partial charge in [0.2, 0.25) is 11.6 Å². The van der Waals surface area contributed by atoms with Crippen LogP contribution in [0, 0.1) is 17.0 Å². The lowest BCUT2D eigenvalue weighted by atomic mass is 10.2. The summed E-state index contributed by atoms with van der Waals surface area (Å²) in [6.07, 6.45) is 1.18. The number of nitrogens with zero attached hydrogens (tertiary/aromatic N) is 3. The van der Waals surface area contributed by atoms with Crippen molar-refractivity contribution in [1.82, 2.24) is 9.97 Å². The molecule has 0 aliphatic carbocycles. The lowest BCUT2D eigenvalue weighted by Gasteiger charge is -2.10. The van der Waals surface area contributed by atoms with Crippen LogP contribution >= 0.6 is 15.9 Å². The molecule has 0 saturated carbocycles. The molecule has 0 spiro atoms. The first-order chi connectivity index (χ1) is 9.00. The van der Waals surface area contributed by atoms with Crippen LogP contribution in [-0.2, 0) is 0 Å². The Bertz CT molecular complexity index is 647. The van der Waals surface area contributed by atoms with E-state index >= 15 is 0 Å². The van der Waals surface area contributed by atoms with E-state index in [4.69, 9.17) is 5.73 Å². The Labute approximate surface area is 117 Å². The quantitative estimate of drug-likeness (QED) is 0.664. The van der Waals surface area contributed by atoms with E-state index in [9.17, 15) is 10.1 Å². The monoisotopic (exact) mass is 323 g/mol. The summed E-state index contributed by atoms with van der Waals surface area (Å²) in [6, 6.07) is 5.49. The standard InChI is InChI=1S/C11H10BrN5O2/c1-6-7(12)3-2-4-8(6)16-11-9(17(18)19)10(13)14-5-15-11/h2-5H,1H3,(H3,13,14,15,16). The SMILES string of the molecule is Cc1c(Br)cccc1Nc1ncnc(N)c1[N+](=O)[O-]. The average Bonchev–Trinajstić information content (AvgIpc) is 2.34. The second-order valence-electron chi connectivity index (χ2n) is 3.75. The first kappa shape index (κ1) is 13.2. The van der Waals surface area contributed by atoms with Crippen LogP contribution in [0.3, 0.4) is 0 Å². The summed E-state index contributed by atoms with van der Waals surface area (Å²) in [7, 11) is 0. The highest BCUT2D eigenvalue weighted by Gasteiger charge is 2.21. The summed E-state index contributed by atoms with van der Waals surface area (Å²) in [5.74, 6) is -0.103. The maximum absolute atomic E-state index is 11.0. The van der Waals surface area contributed by atoms with E-state index in [0.717, 1.165) is 10.0 Å². The number of hydrogen-bond donors (Lipinski definition) is 2. The van der Waals surface area contributed by atoms with Gasteiger partial charge in [-0.3, -0.25) is 10.1 Å². The highest BCUT2D eigenvalue weighted by atomic mass is 79.9. The average molecular weight is 324 g/mol. The molecular formula is C11H10BrN5O2. The summed E-state index contributed by atoms with van der Waals surface area (Å²) < 4.78 is 0.891. The molecular weight excluding hydrogens is 314 g/mol. The van der Waals surface area contributed by atoms with Crippen LogP contribution in [0.5, 0.6) is 0 Å². The minimum absolute atomic E-state index is 0.0682. The Morgan fingerprint density at radius 2 is 2.16 bits per heavy atom. The number of hydrogen-bond acceptors (Lipinski definition) is 6. The Morgan fingerprint density at radius 1 is 1.42 bits per heavy atom. The first-order valence-electron chi connectivity index (χ1n) is 5.27. The minimum Gasteiger partial charge on any atom is -0.378 e. The number of rotatable bonds is 3. The lowest BCUT2D eigenvalue weighted by Crippen LogP contribution is -2.05. The fraction of sp³-hybridized carbons (Fsp3) is 0.0909. The zero-order valence-electron chi connectivity index (χ0n) is 9.92.